The van der Waals surface area contributed by atoms with Gasteiger partial charge in [0.05, 0.1) is 11.9 Å². The van der Waals surface area contributed by atoms with E-state index < -0.39 is 0 Å². The Hall–Kier alpha value is -2.23. The third-order valence-electron chi connectivity index (χ3n) is 3.30. The zero-order chi connectivity index (χ0) is 13.2. The van der Waals surface area contributed by atoms with Crippen molar-refractivity contribution in [3.8, 4) is 11.3 Å². The van der Waals surface area contributed by atoms with Crippen molar-refractivity contribution >= 4 is 12.1 Å². The van der Waals surface area contributed by atoms with Crippen molar-refractivity contribution in [1.29, 1.82) is 0 Å². The van der Waals surface area contributed by atoms with Crippen molar-refractivity contribution in [3.63, 3.8) is 0 Å². The summed E-state index contributed by atoms with van der Waals surface area (Å²) in [5.41, 5.74) is 3.64. The summed E-state index contributed by atoms with van der Waals surface area (Å²) in [6.45, 7) is 0. The minimum atomic E-state index is -0.348. The van der Waals surface area contributed by atoms with Gasteiger partial charge in [-0.05, 0) is 48.6 Å². The maximum Gasteiger partial charge on any atom is 0.211 e. The van der Waals surface area contributed by atoms with Crippen LogP contribution in [0.15, 0.2) is 36.5 Å². The lowest BCUT2D eigenvalue weighted by molar-refractivity contribution is -0.105. The Morgan fingerprint density at radius 2 is 2.11 bits per heavy atom. The quantitative estimate of drug-likeness (QED) is 0.852. The molecule has 1 aliphatic rings. The van der Waals surface area contributed by atoms with Crippen LogP contribution in [0.25, 0.3) is 11.3 Å². The smallest absolute Gasteiger partial charge is 0.211 e. The summed E-state index contributed by atoms with van der Waals surface area (Å²) in [5, 5.41) is 2.63. The molecule has 3 rings (SSSR count). The molecule has 1 aliphatic carbocycles. The maximum atomic E-state index is 13.0. The average molecular weight is 256 g/mol. The SMILES string of the molecule is O=CNc1ccc(C2CC2)c(-c2ccc(F)cn2)c1. The van der Waals surface area contributed by atoms with Crippen LogP contribution in [-0.2, 0) is 4.79 Å². The van der Waals surface area contributed by atoms with Crippen LogP contribution in [0.4, 0.5) is 10.1 Å². The number of benzene rings is 1. The van der Waals surface area contributed by atoms with Crippen molar-refractivity contribution in [1.82, 2.24) is 4.98 Å². The monoisotopic (exact) mass is 256 g/mol. The van der Waals surface area contributed by atoms with Crippen molar-refractivity contribution in [2.45, 2.75) is 18.8 Å². The predicted octanol–water partition coefficient (Wildman–Crippen LogP) is 3.33. The topological polar surface area (TPSA) is 42.0 Å². The minimum absolute atomic E-state index is 0.348. The van der Waals surface area contributed by atoms with Gasteiger partial charge in [-0.1, -0.05) is 6.07 Å². The Morgan fingerprint density at radius 3 is 2.74 bits per heavy atom. The standard InChI is InChI=1S/C15H13FN2O/c16-11-3-6-15(17-8-11)14-7-12(18-9-19)4-5-13(14)10-1-2-10/h3-10H,1-2H2,(H,18,19). The lowest BCUT2D eigenvalue weighted by Crippen LogP contribution is -1.97. The first kappa shape index (κ1) is 11.8. The Morgan fingerprint density at radius 1 is 1.26 bits per heavy atom. The van der Waals surface area contributed by atoms with E-state index in [0.717, 1.165) is 16.9 Å². The molecule has 1 saturated carbocycles. The summed E-state index contributed by atoms with van der Waals surface area (Å²) < 4.78 is 13.0. The molecule has 1 N–H and O–H groups in total. The molecule has 0 aliphatic heterocycles. The molecule has 2 aromatic rings. The molecule has 0 atom stereocenters. The van der Waals surface area contributed by atoms with Gasteiger partial charge in [0.1, 0.15) is 5.82 Å². The Bertz CT molecular complexity index is 606. The minimum Gasteiger partial charge on any atom is -0.329 e. The summed E-state index contributed by atoms with van der Waals surface area (Å²) >= 11 is 0. The van der Waals surface area contributed by atoms with Crippen LogP contribution in [0, 0.1) is 5.82 Å². The number of carbonyl (C=O) groups is 1. The normalized spacial score (nSPS) is 14.2. The first-order valence-corrected chi connectivity index (χ1v) is 6.24. The Kier molecular flexibility index (Phi) is 2.99. The number of anilines is 1. The third-order valence-corrected chi connectivity index (χ3v) is 3.30. The number of nitrogens with one attached hydrogen (secondary N) is 1. The molecule has 1 amide bonds. The fraction of sp³-hybridized carbons (Fsp3) is 0.200. The third kappa shape index (κ3) is 2.47. The van der Waals surface area contributed by atoms with Gasteiger partial charge in [0.25, 0.3) is 0 Å². The zero-order valence-electron chi connectivity index (χ0n) is 10.3. The number of aromatic nitrogens is 1. The summed E-state index contributed by atoms with van der Waals surface area (Å²) in [6, 6.07) is 8.86. The number of hydrogen-bond acceptors (Lipinski definition) is 2. The first-order chi connectivity index (χ1) is 9.28. The molecule has 19 heavy (non-hydrogen) atoms. The van der Waals surface area contributed by atoms with E-state index >= 15 is 0 Å². The van der Waals surface area contributed by atoms with Gasteiger partial charge in [-0.25, -0.2) is 4.39 Å². The molecule has 0 radical (unpaired) electrons. The van der Waals surface area contributed by atoms with Gasteiger partial charge in [0, 0.05) is 11.3 Å². The molecule has 1 aromatic carbocycles. The Labute approximate surface area is 110 Å². The number of pyridine rings is 1. The van der Waals surface area contributed by atoms with Crippen LogP contribution in [0.3, 0.4) is 0 Å². The number of hydrogen-bond donors (Lipinski definition) is 1. The van der Waals surface area contributed by atoms with Gasteiger partial charge in [0.15, 0.2) is 0 Å². The summed E-state index contributed by atoms with van der Waals surface area (Å²) in [6.07, 6.45) is 4.21. The molecular formula is C15H13FN2O. The van der Waals surface area contributed by atoms with Crippen LogP contribution in [0.5, 0.6) is 0 Å². The molecule has 0 bridgehead atoms. The second-order valence-electron chi connectivity index (χ2n) is 4.70. The molecular weight excluding hydrogens is 243 g/mol. The summed E-state index contributed by atoms with van der Waals surface area (Å²) in [5.74, 6) is 0.214. The lowest BCUT2D eigenvalue weighted by Gasteiger charge is -2.10. The maximum absolute atomic E-state index is 13.0. The fourth-order valence-corrected chi connectivity index (χ4v) is 2.22. The fourth-order valence-electron chi connectivity index (χ4n) is 2.22. The molecule has 3 nitrogen and oxygen atoms in total. The largest absolute Gasteiger partial charge is 0.329 e. The van der Waals surface area contributed by atoms with Crippen molar-refractivity contribution in [3.05, 3.63) is 47.9 Å². The Balaban J connectivity index is 2.07. The van der Waals surface area contributed by atoms with Gasteiger partial charge in [-0.15, -0.1) is 0 Å². The highest BCUT2D eigenvalue weighted by molar-refractivity contribution is 5.77. The molecule has 1 fully saturated rings. The highest BCUT2D eigenvalue weighted by Crippen LogP contribution is 2.44. The van der Waals surface area contributed by atoms with E-state index in [-0.39, 0.29) is 5.82 Å². The van der Waals surface area contributed by atoms with E-state index in [2.05, 4.69) is 10.3 Å². The van der Waals surface area contributed by atoms with Crippen molar-refractivity contribution in [2.75, 3.05) is 5.32 Å². The molecule has 1 aromatic heterocycles. The number of rotatable bonds is 4. The number of halogens is 1. The summed E-state index contributed by atoms with van der Waals surface area (Å²) in [7, 11) is 0. The van der Waals surface area contributed by atoms with Crippen LogP contribution < -0.4 is 5.32 Å². The average Bonchev–Trinajstić information content (AvgIpc) is 3.24. The van der Waals surface area contributed by atoms with E-state index in [9.17, 15) is 9.18 Å². The molecule has 0 unspecified atom stereocenters. The molecule has 0 saturated heterocycles. The first-order valence-electron chi connectivity index (χ1n) is 6.24. The van der Waals surface area contributed by atoms with Gasteiger partial charge < -0.3 is 5.32 Å². The van der Waals surface area contributed by atoms with Crippen LogP contribution in [0.1, 0.15) is 24.3 Å². The van der Waals surface area contributed by atoms with Crippen LogP contribution in [-0.4, -0.2) is 11.4 Å². The zero-order valence-corrected chi connectivity index (χ0v) is 10.3. The second kappa shape index (κ2) is 4.80. The van der Waals surface area contributed by atoms with Gasteiger partial charge in [0.2, 0.25) is 6.41 Å². The molecule has 1 heterocycles. The highest BCUT2D eigenvalue weighted by atomic mass is 19.1. The van der Waals surface area contributed by atoms with Crippen LogP contribution >= 0.6 is 0 Å². The lowest BCUT2D eigenvalue weighted by atomic mass is 9.99. The van der Waals surface area contributed by atoms with Crippen LogP contribution in [0.2, 0.25) is 0 Å². The van der Waals surface area contributed by atoms with Gasteiger partial charge >= 0.3 is 0 Å². The van der Waals surface area contributed by atoms with E-state index in [0.29, 0.717) is 12.3 Å². The number of nitrogens with zero attached hydrogens (tertiary/aromatic N) is 1. The molecule has 0 spiro atoms. The van der Waals surface area contributed by atoms with Crippen molar-refractivity contribution < 1.29 is 9.18 Å². The number of carbonyl (C=O) groups excluding carboxylic acids is 1. The van der Waals surface area contributed by atoms with E-state index in [4.69, 9.17) is 0 Å². The van der Waals surface area contributed by atoms with Gasteiger partial charge in [-0.3, -0.25) is 9.78 Å². The summed E-state index contributed by atoms with van der Waals surface area (Å²) in [4.78, 5) is 14.7. The van der Waals surface area contributed by atoms with Crippen molar-refractivity contribution in [2.24, 2.45) is 0 Å². The molecule has 96 valence electrons. The molecule has 4 heteroatoms. The van der Waals surface area contributed by atoms with E-state index in [1.54, 1.807) is 6.07 Å². The highest BCUT2D eigenvalue weighted by Gasteiger charge is 2.26. The predicted molar refractivity (Wildman–Crippen MR) is 71.3 cm³/mol. The van der Waals surface area contributed by atoms with Gasteiger partial charge in [-0.2, -0.15) is 0 Å². The van der Waals surface area contributed by atoms with E-state index in [1.165, 1.54) is 30.7 Å². The second-order valence-corrected chi connectivity index (χ2v) is 4.70. The number of amides is 1. The van der Waals surface area contributed by atoms with E-state index in [1.807, 2.05) is 18.2 Å².